The lowest BCUT2D eigenvalue weighted by Gasteiger charge is -2.10. The predicted octanol–water partition coefficient (Wildman–Crippen LogP) is 2.65. The van der Waals surface area contributed by atoms with E-state index in [1.165, 1.54) is 12.1 Å². The minimum absolute atomic E-state index is 0.0460. The lowest BCUT2D eigenvalue weighted by atomic mass is 10.0. The van der Waals surface area contributed by atoms with Crippen LogP contribution >= 0.6 is 0 Å². The summed E-state index contributed by atoms with van der Waals surface area (Å²) in [7, 11) is -4.37. The van der Waals surface area contributed by atoms with Crippen molar-refractivity contribution < 1.29 is 23.2 Å². The Labute approximate surface area is 114 Å². The topological polar surface area (TPSA) is 94.8 Å². The Morgan fingerprint density at radius 2 is 1.25 bits per heavy atom. The first-order valence-corrected chi connectivity index (χ1v) is 7.17. The molecule has 0 spiro atoms. The van der Waals surface area contributed by atoms with Gasteiger partial charge in [0.25, 0.3) is 10.1 Å². The highest BCUT2D eigenvalue weighted by Crippen LogP contribution is 2.41. The molecule has 0 saturated heterocycles. The second-order valence-electron chi connectivity index (χ2n) is 4.43. The summed E-state index contributed by atoms with van der Waals surface area (Å²) < 4.78 is 31.3. The number of aromatic hydroxyl groups is 2. The third-order valence-electron chi connectivity index (χ3n) is 3.24. The number of hydrogen-bond acceptors (Lipinski definition) is 4. The molecule has 0 amide bonds. The van der Waals surface area contributed by atoms with E-state index in [2.05, 4.69) is 0 Å². The zero-order valence-electron chi connectivity index (χ0n) is 10.1. The fourth-order valence-corrected chi connectivity index (χ4v) is 2.78. The largest absolute Gasteiger partial charge is 0.507 e. The molecule has 102 valence electrons. The molecule has 20 heavy (non-hydrogen) atoms. The monoisotopic (exact) mass is 290 g/mol. The second kappa shape index (κ2) is 4.09. The zero-order chi connectivity index (χ0) is 14.5. The smallest absolute Gasteiger partial charge is 0.294 e. The number of hydrogen-bond donors (Lipinski definition) is 3. The molecule has 0 aromatic heterocycles. The van der Waals surface area contributed by atoms with Gasteiger partial charge in [-0.3, -0.25) is 4.55 Å². The summed E-state index contributed by atoms with van der Waals surface area (Å²) >= 11 is 0. The maximum absolute atomic E-state index is 11.1. The number of phenols is 2. The normalized spacial score (nSPS) is 12.1. The summed E-state index contributed by atoms with van der Waals surface area (Å²) in [6.07, 6.45) is 0. The summed E-state index contributed by atoms with van der Waals surface area (Å²) in [5.41, 5.74) is 0. The molecular weight excluding hydrogens is 280 g/mol. The van der Waals surface area contributed by atoms with Gasteiger partial charge < -0.3 is 10.2 Å². The summed E-state index contributed by atoms with van der Waals surface area (Å²) in [5, 5.41) is 21.8. The van der Waals surface area contributed by atoms with Gasteiger partial charge in [0.1, 0.15) is 11.5 Å². The molecule has 0 heterocycles. The lowest BCUT2D eigenvalue weighted by Crippen LogP contribution is -1.97. The average molecular weight is 290 g/mol. The van der Waals surface area contributed by atoms with E-state index in [1.807, 2.05) is 0 Å². The van der Waals surface area contributed by atoms with E-state index in [9.17, 15) is 18.6 Å². The van der Waals surface area contributed by atoms with Crippen molar-refractivity contribution in [1.82, 2.24) is 0 Å². The van der Waals surface area contributed by atoms with Crippen LogP contribution in [0.25, 0.3) is 21.5 Å². The Kier molecular flexibility index (Phi) is 2.60. The van der Waals surface area contributed by atoms with E-state index < -0.39 is 10.1 Å². The molecule has 0 aliphatic rings. The lowest BCUT2D eigenvalue weighted by molar-refractivity contribution is 0.477. The van der Waals surface area contributed by atoms with Crippen LogP contribution in [-0.2, 0) is 10.1 Å². The first-order chi connectivity index (χ1) is 9.39. The van der Waals surface area contributed by atoms with Gasteiger partial charge in [-0.25, -0.2) is 0 Å². The van der Waals surface area contributed by atoms with Gasteiger partial charge >= 0.3 is 0 Å². The molecule has 3 aromatic carbocycles. The van der Waals surface area contributed by atoms with Crippen LogP contribution in [0.15, 0.2) is 47.4 Å². The van der Waals surface area contributed by atoms with E-state index in [0.29, 0.717) is 16.2 Å². The van der Waals surface area contributed by atoms with Crippen molar-refractivity contribution in [2.75, 3.05) is 0 Å². The molecule has 0 unspecified atom stereocenters. The highest BCUT2D eigenvalue weighted by molar-refractivity contribution is 7.85. The standard InChI is InChI=1S/C14H10O5S/c15-13-9-3-1-2-4-10(9)14(16)12-7-8(20(17,18)19)5-6-11(12)13/h1-7,15-16H,(H,17,18,19). The van der Waals surface area contributed by atoms with Crippen LogP contribution < -0.4 is 0 Å². The SMILES string of the molecule is O=S(=O)(O)c1ccc2c(O)c3ccccc3c(O)c2c1. The summed E-state index contributed by atoms with van der Waals surface area (Å²) in [4.78, 5) is -0.338. The fraction of sp³-hybridized carbons (Fsp3) is 0. The molecule has 0 atom stereocenters. The van der Waals surface area contributed by atoms with Crippen molar-refractivity contribution in [3.8, 4) is 11.5 Å². The molecule has 5 nitrogen and oxygen atoms in total. The number of rotatable bonds is 1. The van der Waals surface area contributed by atoms with Crippen molar-refractivity contribution >= 4 is 31.7 Å². The van der Waals surface area contributed by atoms with Crippen LogP contribution in [-0.4, -0.2) is 23.2 Å². The third kappa shape index (κ3) is 1.77. The summed E-state index contributed by atoms with van der Waals surface area (Å²) in [6, 6.07) is 10.3. The van der Waals surface area contributed by atoms with Crippen molar-refractivity contribution in [3.63, 3.8) is 0 Å². The molecule has 0 fully saturated rings. The maximum atomic E-state index is 11.1. The van der Waals surface area contributed by atoms with Gasteiger partial charge in [-0.15, -0.1) is 0 Å². The minimum atomic E-state index is -4.37. The van der Waals surface area contributed by atoms with Crippen LogP contribution in [0.1, 0.15) is 0 Å². The van der Waals surface area contributed by atoms with Crippen molar-refractivity contribution in [1.29, 1.82) is 0 Å². The van der Waals surface area contributed by atoms with E-state index >= 15 is 0 Å². The van der Waals surface area contributed by atoms with Crippen LogP contribution in [0.2, 0.25) is 0 Å². The van der Waals surface area contributed by atoms with Gasteiger partial charge in [-0.2, -0.15) is 8.42 Å². The Bertz CT molecular complexity index is 945. The van der Waals surface area contributed by atoms with Gasteiger partial charge in [0.05, 0.1) is 4.90 Å². The molecule has 6 heteroatoms. The van der Waals surface area contributed by atoms with Crippen LogP contribution in [0.5, 0.6) is 11.5 Å². The van der Waals surface area contributed by atoms with Crippen LogP contribution in [0, 0.1) is 0 Å². The Balaban J connectivity index is 2.53. The molecule has 0 radical (unpaired) electrons. The average Bonchev–Trinajstić information content (AvgIpc) is 2.43. The number of phenolic OH excluding ortho intramolecular Hbond substituents is 2. The molecule has 3 aromatic rings. The van der Waals surface area contributed by atoms with Gasteiger partial charge in [0, 0.05) is 21.5 Å². The minimum Gasteiger partial charge on any atom is -0.507 e. The molecule has 3 rings (SSSR count). The third-order valence-corrected chi connectivity index (χ3v) is 4.09. The van der Waals surface area contributed by atoms with E-state index in [0.717, 1.165) is 6.07 Å². The molecule has 0 saturated carbocycles. The van der Waals surface area contributed by atoms with Gasteiger partial charge in [-0.05, 0) is 18.2 Å². The Morgan fingerprint density at radius 1 is 0.750 bits per heavy atom. The fourth-order valence-electron chi connectivity index (χ4n) is 2.27. The molecule has 0 bridgehead atoms. The van der Waals surface area contributed by atoms with Gasteiger partial charge in [0.15, 0.2) is 0 Å². The number of benzene rings is 3. The Hall–Kier alpha value is -2.31. The highest BCUT2D eigenvalue weighted by Gasteiger charge is 2.16. The van der Waals surface area contributed by atoms with E-state index in [1.54, 1.807) is 24.3 Å². The Morgan fingerprint density at radius 3 is 1.80 bits per heavy atom. The van der Waals surface area contributed by atoms with Crippen molar-refractivity contribution in [2.24, 2.45) is 0 Å². The first kappa shape index (κ1) is 12.7. The molecule has 0 aliphatic heterocycles. The first-order valence-electron chi connectivity index (χ1n) is 5.73. The van der Waals surface area contributed by atoms with Gasteiger partial charge in [0.2, 0.25) is 0 Å². The van der Waals surface area contributed by atoms with Gasteiger partial charge in [-0.1, -0.05) is 24.3 Å². The van der Waals surface area contributed by atoms with Crippen molar-refractivity contribution in [2.45, 2.75) is 4.90 Å². The zero-order valence-corrected chi connectivity index (χ0v) is 10.9. The predicted molar refractivity (Wildman–Crippen MR) is 74.6 cm³/mol. The molecule has 0 aliphatic carbocycles. The van der Waals surface area contributed by atoms with Crippen LogP contribution in [0.3, 0.4) is 0 Å². The maximum Gasteiger partial charge on any atom is 0.294 e. The van der Waals surface area contributed by atoms with Crippen LogP contribution in [0.4, 0.5) is 0 Å². The number of fused-ring (bicyclic) bond motifs is 2. The van der Waals surface area contributed by atoms with E-state index in [4.69, 9.17) is 4.55 Å². The summed E-state index contributed by atoms with van der Waals surface area (Å²) in [6.45, 7) is 0. The van der Waals surface area contributed by atoms with Crippen molar-refractivity contribution in [3.05, 3.63) is 42.5 Å². The molecular formula is C14H10O5S. The quantitative estimate of drug-likeness (QED) is 0.364. The second-order valence-corrected chi connectivity index (χ2v) is 5.85. The summed E-state index contributed by atoms with van der Waals surface area (Å²) in [5.74, 6) is -0.186. The molecule has 3 N–H and O–H groups in total. The van der Waals surface area contributed by atoms with E-state index in [-0.39, 0.29) is 21.8 Å². The highest BCUT2D eigenvalue weighted by atomic mass is 32.2.